The number of anilines is 1. The summed E-state index contributed by atoms with van der Waals surface area (Å²) >= 11 is 0. The molecule has 0 bridgehead atoms. The topological polar surface area (TPSA) is 62.7 Å². The van der Waals surface area contributed by atoms with E-state index in [1.165, 1.54) is 6.92 Å². The van der Waals surface area contributed by atoms with Crippen molar-refractivity contribution in [3.8, 4) is 6.07 Å². The molecule has 0 aromatic carbocycles. The lowest BCUT2D eigenvalue weighted by molar-refractivity contribution is 0.150. The van der Waals surface area contributed by atoms with E-state index in [0.717, 1.165) is 6.20 Å². The number of nitriles is 1. The van der Waals surface area contributed by atoms with Gasteiger partial charge in [0.1, 0.15) is 0 Å². The van der Waals surface area contributed by atoms with E-state index >= 15 is 0 Å². The van der Waals surface area contributed by atoms with Crippen molar-refractivity contribution < 1.29 is 8.78 Å². The summed E-state index contributed by atoms with van der Waals surface area (Å²) in [6.45, 7) is 1.50. The van der Waals surface area contributed by atoms with Gasteiger partial charge in [0.05, 0.1) is 23.9 Å². The van der Waals surface area contributed by atoms with Crippen LogP contribution in [-0.2, 0) is 6.42 Å². The average Bonchev–Trinajstić information content (AvgIpc) is 2.13. The van der Waals surface area contributed by atoms with Crippen LogP contribution in [0.25, 0.3) is 0 Å². The van der Waals surface area contributed by atoms with Gasteiger partial charge in [-0.1, -0.05) is 0 Å². The van der Waals surface area contributed by atoms with Gasteiger partial charge in [-0.3, -0.25) is 4.98 Å². The first-order valence-electron chi connectivity index (χ1n) is 3.96. The second kappa shape index (κ2) is 4.01. The monoisotopic (exact) mass is 197 g/mol. The highest BCUT2D eigenvalue weighted by atomic mass is 19.3. The molecule has 0 saturated carbocycles. The molecule has 0 unspecified atom stereocenters. The molecular weight excluding hydrogens is 188 g/mol. The Hall–Kier alpha value is -1.70. The van der Waals surface area contributed by atoms with E-state index in [9.17, 15) is 8.78 Å². The molecule has 0 amide bonds. The number of hydrogen-bond acceptors (Lipinski definition) is 3. The second-order valence-corrected chi connectivity index (χ2v) is 2.83. The molecule has 74 valence electrons. The molecule has 0 atom stereocenters. The molecular formula is C9H9F2N3. The minimum Gasteiger partial charge on any atom is -0.397 e. The number of nitrogen functional groups attached to an aromatic ring is 1. The molecule has 0 saturated heterocycles. The van der Waals surface area contributed by atoms with E-state index in [-0.39, 0.29) is 17.7 Å². The lowest BCUT2D eigenvalue weighted by atomic mass is 10.1. The predicted octanol–water partition coefficient (Wildman–Crippen LogP) is 1.98. The van der Waals surface area contributed by atoms with Crippen molar-refractivity contribution in [1.29, 1.82) is 5.26 Å². The molecule has 1 rings (SSSR count). The first-order valence-corrected chi connectivity index (χ1v) is 3.96. The molecule has 1 aromatic rings. The van der Waals surface area contributed by atoms with E-state index in [2.05, 4.69) is 4.98 Å². The lowest BCUT2D eigenvalue weighted by Crippen LogP contribution is -2.03. The zero-order valence-electron chi connectivity index (χ0n) is 7.59. The average molecular weight is 197 g/mol. The van der Waals surface area contributed by atoms with Gasteiger partial charge in [-0.2, -0.15) is 5.26 Å². The predicted molar refractivity (Wildman–Crippen MR) is 47.7 cm³/mol. The molecule has 2 N–H and O–H groups in total. The first kappa shape index (κ1) is 10.4. The van der Waals surface area contributed by atoms with Crippen LogP contribution in [-0.4, -0.2) is 4.98 Å². The van der Waals surface area contributed by atoms with Gasteiger partial charge >= 0.3 is 0 Å². The Morgan fingerprint density at radius 2 is 2.29 bits per heavy atom. The van der Waals surface area contributed by atoms with E-state index in [1.807, 2.05) is 6.07 Å². The lowest BCUT2D eigenvalue weighted by Gasteiger charge is -2.09. The highest BCUT2D eigenvalue weighted by molar-refractivity contribution is 5.54. The van der Waals surface area contributed by atoms with Crippen molar-refractivity contribution in [3.05, 3.63) is 23.0 Å². The van der Waals surface area contributed by atoms with Crippen LogP contribution in [0.15, 0.2) is 6.20 Å². The van der Waals surface area contributed by atoms with E-state index in [0.29, 0.717) is 11.3 Å². The molecule has 0 aliphatic heterocycles. The van der Waals surface area contributed by atoms with Gasteiger partial charge in [-0.05, 0) is 12.5 Å². The van der Waals surface area contributed by atoms with Crippen LogP contribution in [0.4, 0.5) is 14.5 Å². The maximum atomic E-state index is 12.4. The van der Waals surface area contributed by atoms with Crippen LogP contribution >= 0.6 is 0 Å². The minimum atomic E-state index is -2.58. The normalized spacial score (nSPS) is 10.2. The largest absolute Gasteiger partial charge is 0.397 e. The van der Waals surface area contributed by atoms with Crippen LogP contribution in [0, 0.1) is 18.3 Å². The number of nitrogens with two attached hydrogens (primary N) is 1. The standard InChI is InChI=1S/C9H9F2N3/c1-5-6(9(10)11)4-14-7(2-3-12)8(5)13/h4,9H,2,13H2,1H3. The Morgan fingerprint density at radius 3 is 2.79 bits per heavy atom. The zero-order valence-corrected chi connectivity index (χ0v) is 7.59. The van der Waals surface area contributed by atoms with Crippen molar-refractivity contribution in [3.63, 3.8) is 0 Å². The highest BCUT2D eigenvalue weighted by Gasteiger charge is 2.15. The molecule has 5 heteroatoms. The molecule has 1 aromatic heterocycles. The van der Waals surface area contributed by atoms with Crippen LogP contribution in [0.1, 0.15) is 23.2 Å². The number of hydrogen-bond donors (Lipinski definition) is 1. The molecule has 3 nitrogen and oxygen atoms in total. The summed E-state index contributed by atoms with van der Waals surface area (Å²) in [4.78, 5) is 3.72. The Bertz CT molecular complexity index is 382. The maximum absolute atomic E-state index is 12.4. The fourth-order valence-electron chi connectivity index (χ4n) is 1.12. The number of rotatable bonds is 2. The summed E-state index contributed by atoms with van der Waals surface area (Å²) in [6, 6.07) is 1.87. The summed E-state index contributed by atoms with van der Waals surface area (Å²) in [5.41, 5.74) is 6.23. The molecule has 0 spiro atoms. The summed E-state index contributed by atoms with van der Waals surface area (Å²) in [5, 5.41) is 8.42. The van der Waals surface area contributed by atoms with Crippen molar-refractivity contribution in [2.75, 3.05) is 5.73 Å². The van der Waals surface area contributed by atoms with Crippen molar-refractivity contribution in [2.45, 2.75) is 19.8 Å². The number of pyridine rings is 1. The van der Waals surface area contributed by atoms with E-state index < -0.39 is 6.43 Å². The quantitative estimate of drug-likeness (QED) is 0.788. The van der Waals surface area contributed by atoms with Crippen LogP contribution in [0.2, 0.25) is 0 Å². The smallest absolute Gasteiger partial charge is 0.265 e. The van der Waals surface area contributed by atoms with Crippen LogP contribution < -0.4 is 5.73 Å². The van der Waals surface area contributed by atoms with Crippen molar-refractivity contribution >= 4 is 5.69 Å². The van der Waals surface area contributed by atoms with Gasteiger partial charge in [0, 0.05) is 11.8 Å². The summed E-state index contributed by atoms with van der Waals surface area (Å²) in [7, 11) is 0. The fraction of sp³-hybridized carbons (Fsp3) is 0.333. The third kappa shape index (κ3) is 1.79. The molecule has 14 heavy (non-hydrogen) atoms. The van der Waals surface area contributed by atoms with Crippen LogP contribution in [0.3, 0.4) is 0 Å². The molecule has 0 aliphatic carbocycles. The van der Waals surface area contributed by atoms with Gasteiger partial charge in [0.15, 0.2) is 0 Å². The minimum absolute atomic E-state index is 0.0379. The number of aromatic nitrogens is 1. The van der Waals surface area contributed by atoms with Crippen molar-refractivity contribution in [2.24, 2.45) is 0 Å². The van der Waals surface area contributed by atoms with Crippen molar-refractivity contribution in [1.82, 2.24) is 4.98 Å². The second-order valence-electron chi connectivity index (χ2n) is 2.83. The number of nitrogens with zero attached hydrogens (tertiary/aromatic N) is 2. The summed E-state index contributed by atoms with van der Waals surface area (Å²) < 4.78 is 24.7. The van der Waals surface area contributed by atoms with E-state index in [1.54, 1.807) is 0 Å². The Morgan fingerprint density at radius 1 is 1.64 bits per heavy atom. The molecule has 0 fully saturated rings. The summed E-state index contributed by atoms with van der Waals surface area (Å²) in [6.07, 6.45) is -1.47. The van der Waals surface area contributed by atoms with Gasteiger partial charge in [-0.15, -0.1) is 0 Å². The third-order valence-corrected chi connectivity index (χ3v) is 1.99. The van der Waals surface area contributed by atoms with Crippen LogP contribution in [0.5, 0.6) is 0 Å². The van der Waals surface area contributed by atoms with E-state index in [4.69, 9.17) is 11.0 Å². The van der Waals surface area contributed by atoms with Gasteiger partial charge in [0.25, 0.3) is 6.43 Å². The fourth-order valence-corrected chi connectivity index (χ4v) is 1.12. The third-order valence-electron chi connectivity index (χ3n) is 1.99. The SMILES string of the molecule is Cc1c(C(F)F)cnc(CC#N)c1N. The first-order chi connectivity index (χ1) is 6.57. The van der Waals surface area contributed by atoms with Gasteiger partial charge in [-0.25, -0.2) is 8.78 Å². The van der Waals surface area contributed by atoms with Gasteiger partial charge in [0.2, 0.25) is 0 Å². The van der Waals surface area contributed by atoms with Gasteiger partial charge < -0.3 is 5.73 Å². The highest BCUT2D eigenvalue weighted by Crippen LogP contribution is 2.26. The zero-order chi connectivity index (χ0) is 10.7. The summed E-state index contributed by atoms with van der Waals surface area (Å²) in [5.74, 6) is 0. The Balaban J connectivity index is 3.20. The molecule has 0 radical (unpaired) electrons. The Labute approximate surface area is 80.2 Å². The maximum Gasteiger partial charge on any atom is 0.265 e. The molecule has 0 aliphatic rings. The molecule has 1 heterocycles. The number of alkyl halides is 2. The number of halogens is 2. The Kier molecular flexibility index (Phi) is 2.97.